The molecule has 0 unspecified atom stereocenters. The van der Waals surface area contributed by atoms with Crippen LogP contribution in [0, 0.1) is 0 Å². The monoisotopic (exact) mass is 160 g/mol. The lowest BCUT2D eigenvalue weighted by atomic mass is 10.0. The lowest BCUT2D eigenvalue weighted by molar-refractivity contribution is 0.448. The van der Waals surface area contributed by atoms with E-state index < -0.39 is 0 Å². The van der Waals surface area contributed by atoms with Gasteiger partial charge in [-0.05, 0) is 35.5 Å². The summed E-state index contributed by atoms with van der Waals surface area (Å²) in [6, 6.07) is 6.04. The summed E-state index contributed by atoms with van der Waals surface area (Å²) in [5.74, 6) is 0. The third-order valence-electron chi connectivity index (χ3n) is 2.10. The Kier molecular flexibility index (Phi) is 1.54. The summed E-state index contributed by atoms with van der Waals surface area (Å²) in [7, 11) is 2.06. The van der Waals surface area contributed by atoms with E-state index in [4.69, 9.17) is 5.73 Å². The third-order valence-corrected chi connectivity index (χ3v) is 2.10. The lowest BCUT2D eigenvalue weighted by Crippen LogP contribution is -2.14. The van der Waals surface area contributed by atoms with Gasteiger partial charge in [-0.2, -0.15) is 0 Å². The second kappa shape index (κ2) is 2.55. The largest absolute Gasteiger partial charge is 0.399 e. The predicted molar refractivity (Wildman–Crippen MR) is 51.4 cm³/mol. The molecular formula is C10H12N2. The number of nitrogen functional groups attached to an aromatic ring is 1. The molecular weight excluding hydrogens is 148 g/mol. The number of anilines is 1. The van der Waals surface area contributed by atoms with Gasteiger partial charge in [-0.1, -0.05) is 6.07 Å². The summed E-state index contributed by atoms with van der Waals surface area (Å²) in [4.78, 5) is 2.14. The number of rotatable bonds is 0. The molecule has 2 heteroatoms. The van der Waals surface area contributed by atoms with E-state index in [-0.39, 0.29) is 0 Å². The van der Waals surface area contributed by atoms with E-state index in [2.05, 4.69) is 30.3 Å². The fourth-order valence-electron chi connectivity index (χ4n) is 1.45. The first kappa shape index (κ1) is 7.22. The van der Waals surface area contributed by atoms with Crippen molar-refractivity contribution in [1.82, 2.24) is 4.90 Å². The van der Waals surface area contributed by atoms with E-state index in [1.807, 2.05) is 12.1 Å². The van der Waals surface area contributed by atoms with Crippen molar-refractivity contribution in [3.05, 3.63) is 35.5 Å². The second-order valence-corrected chi connectivity index (χ2v) is 3.19. The van der Waals surface area contributed by atoms with Crippen LogP contribution in [-0.4, -0.2) is 11.9 Å². The molecule has 1 aromatic rings. The molecule has 0 fully saturated rings. The highest BCUT2D eigenvalue weighted by Crippen LogP contribution is 2.20. The maximum absolute atomic E-state index is 5.68. The van der Waals surface area contributed by atoms with E-state index in [1.54, 1.807) is 0 Å². The van der Waals surface area contributed by atoms with Crippen molar-refractivity contribution in [1.29, 1.82) is 0 Å². The van der Waals surface area contributed by atoms with Crippen LogP contribution in [0.2, 0.25) is 0 Å². The number of nitrogens with two attached hydrogens (primary N) is 1. The van der Waals surface area contributed by atoms with Crippen molar-refractivity contribution in [2.24, 2.45) is 0 Å². The second-order valence-electron chi connectivity index (χ2n) is 3.19. The quantitative estimate of drug-likeness (QED) is 0.585. The number of nitrogens with zero attached hydrogens (tertiary/aromatic N) is 1. The molecule has 2 nitrogen and oxygen atoms in total. The smallest absolute Gasteiger partial charge is 0.0427 e. The van der Waals surface area contributed by atoms with Gasteiger partial charge in [-0.15, -0.1) is 0 Å². The normalized spacial score (nSPS) is 14.6. The summed E-state index contributed by atoms with van der Waals surface area (Å²) in [6.45, 7) is 0.955. The molecule has 0 amide bonds. The van der Waals surface area contributed by atoms with Gasteiger partial charge in [0.1, 0.15) is 0 Å². The summed E-state index contributed by atoms with van der Waals surface area (Å²) >= 11 is 0. The third kappa shape index (κ3) is 1.16. The number of fused-ring (bicyclic) bond motifs is 1. The first-order valence-electron chi connectivity index (χ1n) is 4.02. The van der Waals surface area contributed by atoms with E-state index in [9.17, 15) is 0 Å². The van der Waals surface area contributed by atoms with Crippen molar-refractivity contribution < 1.29 is 0 Å². The SMILES string of the molecule is CN1C=Cc2ccc(N)cc2C1. The molecule has 1 aliphatic rings. The van der Waals surface area contributed by atoms with Gasteiger partial charge in [0.05, 0.1) is 0 Å². The van der Waals surface area contributed by atoms with Crippen molar-refractivity contribution in [2.45, 2.75) is 6.54 Å². The molecule has 0 saturated heterocycles. The molecule has 1 heterocycles. The van der Waals surface area contributed by atoms with E-state index in [0.29, 0.717) is 0 Å². The standard InChI is InChI=1S/C10H12N2/c1-12-5-4-8-2-3-10(11)6-9(8)7-12/h2-6H,7,11H2,1H3. The van der Waals surface area contributed by atoms with Gasteiger partial charge in [0.25, 0.3) is 0 Å². The highest BCUT2D eigenvalue weighted by Gasteiger charge is 2.06. The molecule has 1 aliphatic heterocycles. The Morgan fingerprint density at radius 2 is 2.25 bits per heavy atom. The number of hydrogen-bond acceptors (Lipinski definition) is 2. The first-order valence-corrected chi connectivity index (χ1v) is 4.02. The van der Waals surface area contributed by atoms with Crippen molar-refractivity contribution in [3.8, 4) is 0 Å². The zero-order valence-corrected chi connectivity index (χ0v) is 7.12. The maximum Gasteiger partial charge on any atom is 0.0427 e. The topological polar surface area (TPSA) is 29.3 Å². The predicted octanol–water partition coefficient (Wildman–Crippen LogP) is 1.68. The molecule has 2 N–H and O–H groups in total. The maximum atomic E-state index is 5.68. The highest BCUT2D eigenvalue weighted by atomic mass is 15.1. The summed E-state index contributed by atoms with van der Waals surface area (Å²) in [6.07, 6.45) is 4.19. The Bertz CT molecular complexity index is 329. The minimum atomic E-state index is 0.845. The molecule has 0 aliphatic carbocycles. The molecule has 0 spiro atoms. The Hall–Kier alpha value is -1.44. The van der Waals surface area contributed by atoms with Crippen LogP contribution in [0.25, 0.3) is 6.08 Å². The van der Waals surface area contributed by atoms with Gasteiger partial charge in [0, 0.05) is 19.3 Å². The van der Waals surface area contributed by atoms with Crippen LogP contribution in [0.1, 0.15) is 11.1 Å². The lowest BCUT2D eigenvalue weighted by Gasteiger charge is -2.20. The van der Waals surface area contributed by atoms with Crippen LogP contribution in [0.3, 0.4) is 0 Å². The molecule has 2 rings (SSSR count). The Labute approximate surface area is 72.3 Å². The molecule has 0 aromatic heterocycles. The molecule has 1 aromatic carbocycles. The molecule has 12 heavy (non-hydrogen) atoms. The molecule has 0 atom stereocenters. The van der Waals surface area contributed by atoms with Gasteiger partial charge >= 0.3 is 0 Å². The Balaban J connectivity index is 2.47. The van der Waals surface area contributed by atoms with Crippen molar-refractivity contribution in [2.75, 3.05) is 12.8 Å². The van der Waals surface area contributed by atoms with E-state index in [1.165, 1.54) is 11.1 Å². The van der Waals surface area contributed by atoms with Crippen molar-refractivity contribution in [3.63, 3.8) is 0 Å². The Morgan fingerprint density at radius 3 is 3.08 bits per heavy atom. The minimum Gasteiger partial charge on any atom is -0.399 e. The highest BCUT2D eigenvalue weighted by molar-refractivity contribution is 5.59. The molecule has 0 radical (unpaired) electrons. The van der Waals surface area contributed by atoms with Crippen LogP contribution in [0.4, 0.5) is 5.69 Å². The zero-order valence-electron chi connectivity index (χ0n) is 7.12. The van der Waals surface area contributed by atoms with Gasteiger partial charge in [0.2, 0.25) is 0 Å². The summed E-state index contributed by atoms with van der Waals surface area (Å²) < 4.78 is 0. The van der Waals surface area contributed by atoms with Crippen LogP contribution in [-0.2, 0) is 6.54 Å². The Morgan fingerprint density at radius 1 is 1.42 bits per heavy atom. The zero-order chi connectivity index (χ0) is 8.55. The first-order chi connectivity index (χ1) is 5.75. The molecule has 0 bridgehead atoms. The van der Waals surface area contributed by atoms with E-state index in [0.717, 1.165) is 12.2 Å². The van der Waals surface area contributed by atoms with Gasteiger partial charge in [0.15, 0.2) is 0 Å². The van der Waals surface area contributed by atoms with Crippen LogP contribution >= 0.6 is 0 Å². The molecule has 62 valence electrons. The van der Waals surface area contributed by atoms with Crippen LogP contribution in [0.15, 0.2) is 24.4 Å². The average molecular weight is 160 g/mol. The fraction of sp³-hybridized carbons (Fsp3) is 0.200. The van der Waals surface area contributed by atoms with Gasteiger partial charge in [-0.3, -0.25) is 0 Å². The van der Waals surface area contributed by atoms with Gasteiger partial charge in [-0.25, -0.2) is 0 Å². The number of benzene rings is 1. The summed E-state index contributed by atoms with van der Waals surface area (Å²) in [5, 5.41) is 0. The van der Waals surface area contributed by atoms with E-state index >= 15 is 0 Å². The van der Waals surface area contributed by atoms with Crippen LogP contribution in [0.5, 0.6) is 0 Å². The number of hydrogen-bond donors (Lipinski definition) is 1. The minimum absolute atomic E-state index is 0.845. The fourth-order valence-corrected chi connectivity index (χ4v) is 1.45. The molecule has 0 saturated carbocycles. The van der Waals surface area contributed by atoms with Crippen molar-refractivity contribution >= 4 is 11.8 Å². The van der Waals surface area contributed by atoms with Gasteiger partial charge < -0.3 is 10.6 Å². The average Bonchev–Trinajstić information content (AvgIpc) is 2.03. The summed E-state index contributed by atoms with van der Waals surface area (Å²) in [5.41, 5.74) is 9.12. The van der Waals surface area contributed by atoms with Crippen LogP contribution < -0.4 is 5.73 Å².